The number of halogens is 1. The van der Waals surface area contributed by atoms with Gasteiger partial charge >= 0.3 is 0 Å². The molecule has 8 nitrogen and oxygen atoms in total. The largest absolute Gasteiger partial charge is 0.378 e. The van der Waals surface area contributed by atoms with Crippen LogP contribution in [0.4, 0.5) is 5.69 Å². The molecule has 2 saturated heterocycles. The van der Waals surface area contributed by atoms with E-state index in [0.29, 0.717) is 32.0 Å². The summed E-state index contributed by atoms with van der Waals surface area (Å²) < 4.78 is 6.79. The highest BCUT2D eigenvalue weighted by Crippen LogP contribution is 2.11. The third kappa shape index (κ3) is 4.93. The van der Waals surface area contributed by atoms with E-state index in [0.717, 1.165) is 25.8 Å². The molecular formula is C15H24ClN5O3. The van der Waals surface area contributed by atoms with Gasteiger partial charge in [-0.15, -0.1) is 12.4 Å². The molecule has 2 aliphatic rings. The molecule has 0 saturated carbocycles. The minimum Gasteiger partial charge on any atom is -0.378 e. The highest BCUT2D eigenvalue weighted by Gasteiger charge is 2.21. The molecule has 0 aromatic carbocycles. The van der Waals surface area contributed by atoms with Crippen LogP contribution in [-0.2, 0) is 20.9 Å². The average Bonchev–Trinajstić information content (AvgIpc) is 3.03. The van der Waals surface area contributed by atoms with Crippen molar-refractivity contribution in [3.05, 3.63) is 12.4 Å². The molecule has 1 atom stereocenters. The van der Waals surface area contributed by atoms with E-state index in [1.165, 1.54) is 0 Å². The number of carbonyl (C=O) groups excluding carboxylic acids is 2. The molecule has 0 radical (unpaired) electrons. The van der Waals surface area contributed by atoms with Crippen molar-refractivity contribution in [2.45, 2.75) is 31.8 Å². The third-order valence-corrected chi connectivity index (χ3v) is 4.19. The zero-order chi connectivity index (χ0) is 16.1. The normalized spacial score (nSPS) is 21.0. The van der Waals surface area contributed by atoms with Gasteiger partial charge in [-0.1, -0.05) is 6.42 Å². The summed E-state index contributed by atoms with van der Waals surface area (Å²) in [7, 11) is 0. The Hall–Kier alpha value is -1.64. The van der Waals surface area contributed by atoms with Crippen LogP contribution >= 0.6 is 12.4 Å². The van der Waals surface area contributed by atoms with E-state index in [9.17, 15) is 9.59 Å². The number of piperidine rings is 1. The predicted molar refractivity (Wildman–Crippen MR) is 91.1 cm³/mol. The zero-order valence-corrected chi connectivity index (χ0v) is 14.4. The number of nitrogens with one attached hydrogen (secondary N) is 2. The molecule has 134 valence electrons. The molecule has 1 unspecified atom stereocenters. The van der Waals surface area contributed by atoms with Crippen LogP contribution < -0.4 is 10.6 Å². The topological polar surface area (TPSA) is 88.5 Å². The lowest BCUT2D eigenvalue weighted by Gasteiger charge is -2.26. The fraction of sp³-hybridized carbons (Fsp3) is 0.667. The van der Waals surface area contributed by atoms with Gasteiger partial charge in [0.2, 0.25) is 11.8 Å². The van der Waals surface area contributed by atoms with Crippen molar-refractivity contribution in [2.75, 3.05) is 38.2 Å². The van der Waals surface area contributed by atoms with Crippen LogP contribution in [-0.4, -0.2) is 65.4 Å². The van der Waals surface area contributed by atoms with Gasteiger partial charge in [-0.25, -0.2) is 0 Å². The Labute approximate surface area is 147 Å². The lowest BCUT2D eigenvalue weighted by molar-refractivity contribution is -0.136. The lowest BCUT2D eigenvalue weighted by Crippen LogP contribution is -2.43. The number of aromatic nitrogens is 2. The van der Waals surface area contributed by atoms with Crippen molar-refractivity contribution in [3.8, 4) is 0 Å². The van der Waals surface area contributed by atoms with Crippen LogP contribution in [0.15, 0.2) is 12.4 Å². The van der Waals surface area contributed by atoms with E-state index < -0.39 is 0 Å². The fourth-order valence-electron chi connectivity index (χ4n) is 2.87. The van der Waals surface area contributed by atoms with Crippen molar-refractivity contribution >= 4 is 29.9 Å². The van der Waals surface area contributed by atoms with Gasteiger partial charge in [0.15, 0.2) is 0 Å². The molecule has 0 aliphatic carbocycles. The molecule has 2 aliphatic heterocycles. The lowest BCUT2D eigenvalue weighted by atomic mass is 10.0. The van der Waals surface area contributed by atoms with Gasteiger partial charge in [0.25, 0.3) is 0 Å². The molecule has 2 N–H and O–H groups in total. The highest BCUT2D eigenvalue weighted by atomic mass is 35.5. The Morgan fingerprint density at radius 3 is 2.83 bits per heavy atom. The Morgan fingerprint density at radius 2 is 2.12 bits per heavy atom. The SMILES string of the molecule is Cl.O=C(Nc1cnn(CC(=O)N2CCOCC2)c1)C1CCCCN1. The van der Waals surface area contributed by atoms with Gasteiger partial charge < -0.3 is 20.3 Å². The second-order valence-corrected chi connectivity index (χ2v) is 5.91. The number of amides is 2. The maximum Gasteiger partial charge on any atom is 0.244 e. The van der Waals surface area contributed by atoms with Crippen LogP contribution in [0.5, 0.6) is 0 Å². The van der Waals surface area contributed by atoms with Crippen LogP contribution in [0.3, 0.4) is 0 Å². The fourth-order valence-corrected chi connectivity index (χ4v) is 2.87. The number of ether oxygens (including phenoxy) is 1. The van der Waals surface area contributed by atoms with Gasteiger partial charge in [0.05, 0.1) is 31.1 Å². The van der Waals surface area contributed by atoms with Crippen LogP contribution in [0.2, 0.25) is 0 Å². The molecule has 2 fully saturated rings. The molecule has 3 rings (SSSR count). The van der Waals surface area contributed by atoms with E-state index in [1.54, 1.807) is 22.0 Å². The molecule has 1 aromatic heterocycles. The summed E-state index contributed by atoms with van der Waals surface area (Å²) >= 11 is 0. The van der Waals surface area contributed by atoms with Gasteiger partial charge in [-0.3, -0.25) is 14.3 Å². The predicted octanol–water partition coefficient (Wildman–Crippen LogP) is 0.244. The standard InChI is InChI=1S/C15H23N5O3.ClH/c21-14(19-5-7-23-8-6-19)11-20-10-12(9-17-20)18-15(22)13-3-1-2-4-16-13;/h9-10,13,16H,1-8,11H2,(H,18,22);1H. The molecule has 0 spiro atoms. The summed E-state index contributed by atoms with van der Waals surface area (Å²) in [6.07, 6.45) is 6.31. The van der Waals surface area contributed by atoms with Crippen molar-refractivity contribution in [1.29, 1.82) is 0 Å². The summed E-state index contributed by atoms with van der Waals surface area (Å²) in [5.74, 6) is -0.0213. The minimum atomic E-state index is -0.137. The summed E-state index contributed by atoms with van der Waals surface area (Å²) in [5.41, 5.74) is 0.622. The highest BCUT2D eigenvalue weighted by molar-refractivity contribution is 5.94. The van der Waals surface area contributed by atoms with Crippen molar-refractivity contribution in [3.63, 3.8) is 0 Å². The maximum absolute atomic E-state index is 12.2. The molecule has 24 heavy (non-hydrogen) atoms. The number of carbonyl (C=O) groups is 2. The summed E-state index contributed by atoms with van der Waals surface area (Å²) in [4.78, 5) is 26.1. The molecular weight excluding hydrogens is 334 g/mol. The summed E-state index contributed by atoms with van der Waals surface area (Å²) in [5, 5.41) is 10.2. The van der Waals surface area contributed by atoms with E-state index in [-0.39, 0.29) is 36.8 Å². The third-order valence-electron chi connectivity index (χ3n) is 4.19. The molecule has 0 bridgehead atoms. The van der Waals surface area contributed by atoms with E-state index in [2.05, 4.69) is 15.7 Å². The number of rotatable bonds is 4. The Kier molecular flexibility index (Phi) is 7.01. The van der Waals surface area contributed by atoms with E-state index in [4.69, 9.17) is 4.74 Å². The maximum atomic E-state index is 12.2. The van der Waals surface area contributed by atoms with E-state index in [1.807, 2.05) is 0 Å². The van der Waals surface area contributed by atoms with Gasteiger partial charge in [0, 0.05) is 19.3 Å². The first-order chi connectivity index (χ1) is 11.2. The van der Waals surface area contributed by atoms with Gasteiger partial charge in [-0.05, 0) is 19.4 Å². The number of hydrogen-bond acceptors (Lipinski definition) is 5. The summed E-state index contributed by atoms with van der Waals surface area (Å²) in [6, 6.07) is -0.137. The van der Waals surface area contributed by atoms with Crippen molar-refractivity contribution in [1.82, 2.24) is 20.0 Å². The van der Waals surface area contributed by atoms with Crippen molar-refractivity contribution in [2.24, 2.45) is 0 Å². The van der Waals surface area contributed by atoms with Gasteiger partial charge in [0.1, 0.15) is 6.54 Å². The number of morpholine rings is 1. The Bertz CT molecular complexity index is 507. The Morgan fingerprint density at radius 1 is 1.33 bits per heavy atom. The quantitative estimate of drug-likeness (QED) is 0.806. The average molecular weight is 358 g/mol. The first-order valence-electron chi connectivity index (χ1n) is 8.14. The van der Waals surface area contributed by atoms with Crippen LogP contribution in [0.1, 0.15) is 19.3 Å². The zero-order valence-electron chi connectivity index (χ0n) is 13.6. The van der Waals surface area contributed by atoms with Crippen molar-refractivity contribution < 1.29 is 14.3 Å². The number of anilines is 1. The smallest absolute Gasteiger partial charge is 0.244 e. The Balaban J connectivity index is 0.00000208. The first-order valence-corrected chi connectivity index (χ1v) is 8.14. The van der Waals surface area contributed by atoms with E-state index >= 15 is 0 Å². The number of nitrogens with zero attached hydrogens (tertiary/aromatic N) is 3. The monoisotopic (exact) mass is 357 g/mol. The molecule has 1 aromatic rings. The van der Waals surface area contributed by atoms with Gasteiger partial charge in [-0.2, -0.15) is 5.10 Å². The molecule has 3 heterocycles. The first kappa shape index (κ1) is 18.7. The molecule has 2 amide bonds. The van der Waals surface area contributed by atoms with Crippen LogP contribution in [0, 0.1) is 0 Å². The summed E-state index contributed by atoms with van der Waals surface area (Å²) in [6.45, 7) is 3.47. The minimum absolute atomic E-state index is 0. The second kappa shape index (κ2) is 9.00. The number of hydrogen-bond donors (Lipinski definition) is 2. The molecule has 9 heteroatoms. The van der Waals surface area contributed by atoms with Crippen LogP contribution in [0.25, 0.3) is 0 Å². The second-order valence-electron chi connectivity index (χ2n) is 5.91.